The lowest BCUT2D eigenvalue weighted by Crippen LogP contribution is -2.37. The number of rotatable bonds is 7. The van der Waals surface area contributed by atoms with Crippen LogP contribution in [-0.4, -0.2) is 25.2 Å². The predicted octanol–water partition coefficient (Wildman–Crippen LogP) is 4.41. The van der Waals surface area contributed by atoms with Gasteiger partial charge in [-0.15, -0.1) is 0 Å². The van der Waals surface area contributed by atoms with Gasteiger partial charge >= 0.3 is 12.1 Å². The molecule has 1 atom stereocenters. The SMILES string of the molecule is O=C(NCCC1CCc2ccc(OCCc3ccccc3)cc21)C(F)(F)F. The maximum absolute atomic E-state index is 12.3. The smallest absolute Gasteiger partial charge is 0.471 e. The Morgan fingerprint density at radius 1 is 1.15 bits per heavy atom. The summed E-state index contributed by atoms with van der Waals surface area (Å²) in [6, 6.07) is 16.0. The summed E-state index contributed by atoms with van der Waals surface area (Å²) in [4.78, 5) is 10.9. The Labute approximate surface area is 156 Å². The van der Waals surface area contributed by atoms with Gasteiger partial charge in [-0.2, -0.15) is 13.2 Å². The van der Waals surface area contributed by atoms with Gasteiger partial charge in [0.15, 0.2) is 0 Å². The van der Waals surface area contributed by atoms with Gasteiger partial charge in [0.25, 0.3) is 0 Å². The number of carbonyl (C=O) groups excluding carboxylic acids is 1. The summed E-state index contributed by atoms with van der Waals surface area (Å²) in [5.41, 5.74) is 3.53. The molecule has 0 spiro atoms. The van der Waals surface area contributed by atoms with Crippen LogP contribution in [0, 0.1) is 0 Å². The number of carbonyl (C=O) groups is 1. The number of alkyl halides is 3. The molecule has 0 radical (unpaired) electrons. The molecule has 144 valence electrons. The summed E-state index contributed by atoms with van der Waals surface area (Å²) in [5, 5.41) is 1.95. The second-order valence-corrected chi connectivity index (χ2v) is 6.72. The molecule has 1 amide bonds. The summed E-state index contributed by atoms with van der Waals surface area (Å²) in [7, 11) is 0. The number of benzene rings is 2. The Kier molecular flexibility index (Phi) is 6.04. The van der Waals surface area contributed by atoms with Crippen LogP contribution in [0.1, 0.15) is 35.4 Å². The molecule has 3 nitrogen and oxygen atoms in total. The van der Waals surface area contributed by atoms with Crippen LogP contribution in [0.2, 0.25) is 0 Å². The van der Waals surface area contributed by atoms with E-state index in [9.17, 15) is 18.0 Å². The summed E-state index contributed by atoms with van der Waals surface area (Å²) in [6.07, 6.45) is -1.75. The lowest BCUT2D eigenvalue weighted by atomic mass is 9.97. The van der Waals surface area contributed by atoms with Crippen molar-refractivity contribution < 1.29 is 22.7 Å². The van der Waals surface area contributed by atoms with E-state index in [1.165, 1.54) is 11.1 Å². The number of nitrogens with one attached hydrogen (secondary N) is 1. The monoisotopic (exact) mass is 377 g/mol. The Morgan fingerprint density at radius 2 is 1.93 bits per heavy atom. The van der Waals surface area contributed by atoms with E-state index < -0.39 is 12.1 Å². The van der Waals surface area contributed by atoms with Gasteiger partial charge in [0.05, 0.1) is 6.61 Å². The van der Waals surface area contributed by atoms with Crippen molar-refractivity contribution in [2.75, 3.05) is 13.2 Å². The zero-order valence-electron chi connectivity index (χ0n) is 14.9. The zero-order chi connectivity index (χ0) is 19.3. The van der Waals surface area contributed by atoms with Gasteiger partial charge in [-0.3, -0.25) is 4.79 Å². The fourth-order valence-electron chi connectivity index (χ4n) is 3.45. The minimum atomic E-state index is -4.83. The highest BCUT2D eigenvalue weighted by Crippen LogP contribution is 2.37. The standard InChI is InChI=1S/C21H22F3NO2/c22-21(23,24)20(26)25-12-10-17-7-6-16-8-9-18(14-19(16)17)27-13-11-15-4-2-1-3-5-15/h1-5,8-9,14,17H,6-7,10-13H2,(H,25,26). The molecule has 0 aliphatic heterocycles. The Bertz CT molecular complexity index is 775. The molecule has 1 aliphatic carbocycles. The molecule has 3 rings (SSSR count). The number of halogens is 3. The van der Waals surface area contributed by atoms with Crippen molar-refractivity contribution >= 4 is 5.91 Å². The van der Waals surface area contributed by atoms with Crippen LogP contribution in [0.15, 0.2) is 48.5 Å². The van der Waals surface area contributed by atoms with Gasteiger partial charge in [-0.1, -0.05) is 36.4 Å². The number of aryl methyl sites for hydroxylation is 1. The minimum Gasteiger partial charge on any atom is -0.493 e. The molecule has 0 fully saturated rings. The van der Waals surface area contributed by atoms with Crippen LogP contribution in [0.25, 0.3) is 0 Å². The molecule has 1 aliphatic rings. The second kappa shape index (κ2) is 8.46. The van der Waals surface area contributed by atoms with Crippen molar-refractivity contribution in [3.05, 3.63) is 65.2 Å². The first kappa shape index (κ1) is 19.3. The van der Waals surface area contributed by atoms with E-state index in [1.807, 2.05) is 41.7 Å². The summed E-state index contributed by atoms with van der Waals surface area (Å²) in [5.74, 6) is -0.958. The third-order valence-electron chi connectivity index (χ3n) is 4.86. The highest BCUT2D eigenvalue weighted by Gasteiger charge is 2.38. The predicted molar refractivity (Wildman–Crippen MR) is 96.8 cm³/mol. The summed E-state index contributed by atoms with van der Waals surface area (Å²) >= 11 is 0. The molecule has 1 unspecified atom stereocenters. The highest BCUT2D eigenvalue weighted by atomic mass is 19.4. The molecule has 0 bridgehead atoms. The fourth-order valence-corrected chi connectivity index (χ4v) is 3.45. The molecule has 0 aromatic heterocycles. The quantitative estimate of drug-likeness (QED) is 0.776. The summed E-state index contributed by atoms with van der Waals surface area (Å²) < 4.78 is 42.6. The Hall–Kier alpha value is -2.50. The third-order valence-corrected chi connectivity index (χ3v) is 4.86. The number of hydrogen-bond acceptors (Lipinski definition) is 2. The van der Waals surface area contributed by atoms with Gasteiger partial charge in [0, 0.05) is 13.0 Å². The van der Waals surface area contributed by atoms with Crippen LogP contribution in [0.3, 0.4) is 0 Å². The highest BCUT2D eigenvalue weighted by molar-refractivity contribution is 5.81. The maximum atomic E-state index is 12.3. The first-order chi connectivity index (χ1) is 12.9. The van der Waals surface area contributed by atoms with E-state index in [2.05, 4.69) is 12.1 Å². The average molecular weight is 377 g/mol. The molecule has 2 aromatic carbocycles. The van der Waals surface area contributed by atoms with Crippen LogP contribution in [0.5, 0.6) is 5.75 Å². The molecule has 1 N–H and O–H groups in total. The lowest BCUT2D eigenvalue weighted by Gasteiger charge is -2.14. The van der Waals surface area contributed by atoms with Crippen molar-refractivity contribution in [2.45, 2.75) is 37.8 Å². The lowest BCUT2D eigenvalue weighted by molar-refractivity contribution is -0.173. The molecule has 6 heteroatoms. The Balaban J connectivity index is 1.52. The molecule has 0 heterocycles. The van der Waals surface area contributed by atoms with Gasteiger partial charge in [-0.25, -0.2) is 0 Å². The third kappa shape index (κ3) is 5.25. The van der Waals surface area contributed by atoms with Crippen molar-refractivity contribution in [2.24, 2.45) is 0 Å². The number of amides is 1. The molecule has 0 saturated heterocycles. The fraction of sp³-hybridized carbons (Fsp3) is 0.381. The van der Waals surface area contributed by atoms with E-state index in [0.29, 0.717) is 13.0 Å². The van der Waals surface area contributed by atoms with E-state index in [-0.39, 0.29) is 12.5 Å². The second-order valence-electron chi connectivity index (χ2n) is 6.72. The molecule has 2 aromatic rings. The van der Waals surface area contributed by atoms with E-state index >= 15 is 0 Å². The number of hydrogen-bond donors (Lipinski definition) is 1. The van der Waals surface area contributed by atoms with Gasteiger partial charge < -0.3 is 10.1 Å². The topological polar surface area (TPSA) is 38.3 Å². The van der Waals surface area contributed by atoms with E-state index in [4.69, 9.17) is 4.74 Å². The van der Waals surface area contributed by atoms with Crippen LogP contribution >= 0.6 is 0 Å². The van der Waals surface area contributed by atoms with Crippen molar-refractivity contribution in [1.82, 2.24) is 5.32 Å². The van der Waals surface area contributed by atoms with Crippen molar-refractivity contribution in [1.29, 1.82) is 0 Å². The zero-order valence-corrected chi connectivity index (χ0v) is 14.9. The van der Waals surface area contributed by atoms with Crippen molar-refractivity contribution in [3.63, 3.8) is 0 Å². The van der Waals surface area contributed by atoms with Crippen LogP contribution in [0.4, 0.5) is 13.2 Å². The van der Waals surface area contributed by atoms with Gasteiger partial charge in [0.1, 0.15) is 5.75 Å². The first-order valence-corrected chi connectivity index (χ1v) is 9.08. The summed E-state index contributed by atoms with van der Waals surface area (Å²) in [6.45, 7) is 0.580. The first-order valence-electron chi connectivity index (χ1n) is 9.08. The number of ether oxygens (including phenoxy) is 1. The maximum Gasteiger partial charge on any atom is 0.471 e. The van der Waals surface area contributed by atoms with Crippen LogP contribution in [-0.2, 0) is 17.6 Å². The molecular formula is C21H22F3NO2. The normalized spacial score (nSPS) is 16.0. The average Bonchev–Trinajstić information content (AvgIpc) is 3.04. The number of fused-ring (bicyclic) bond motifs is 1. The van der Waals surface area contributed by atoms with Gasteiger partial charge in [0.2, 0.25) is 0 Å². The largest absolute Gasteiger partial charge is 0.493 e. The molecular weight excluding hydrogens is 355 g/mol. The Morgan fingerprint density at radius 3 is 2.67 bits per heavy atom. The van der Waals surface area contributed by atoms with E-state index in [1.54, 1.807) is 0 Å². The van der Waals surface area contributed by atoms with Gasteiger partial charge in [-0.05, 0) is 54.0 Å². The van der Waals surface area contributed by atoms with Crippen molar-refractivity contribution in [3.8, 4) is 5.75 Å². The van der Waals surface area contributed by atoms with Crippen LogP contribution < -0.4 is 10.1 Å². The molecule has 27 heavy (non-hydrogen) atoms. The van der Waals surface area contributed by atoms with E-state index in [0.717, 1.165) is 30.6 Å². The molecule has 0 saturated carbocycles. The minimum absolute atomic E-state index is 0.0154.